The number of nitrogens with zero attached hydrogens (tertiary/aromatic N) is 1. The second-order valence-corrected chi connectivity index (χ2v) is 11.4. The third kappa shape index (κ3) is 2.96. The number of imide groups is 1. The number of carboxylic acid groups (broad SMARTS) is 1. The lowest BCUT2D eigenvalue weighted by atomic mass is 9.68. The Morgan fingerprint density at radius 3 is 2.52 bits per heavy atom. The van der Waals surface area contributed by atoms with Crippen LogP contribution in [0.5, 0.6) is 5.75 Å². The molecule has 4 aliphatic rings. The van der Waals surface area contributed by atoms with E-state index in [0.717, 1.165) is 27.6 Å². The number of thioether (sulfide) groups is 1. The first kappa shape index (κ1) is 21.0. The predicted molar refractivity (Wildman–Crippen MR) is 120 cm³/mol. The van der Waals surface area contributed by atoms with Gasteiger partial charge in [-0.3, -0.25) is 24.1 Å². The molecular formula is C23H22N2O6S2. The summed E-state index contributed by atoms with van der Waals surface area (Å²) in [5.74, 6) is -1.32. The largest absolute Gasteiger partial charge is 0.497 e. The van der Waals surface area contributed by atoms with Gasteiger partial charge in [-0.05, 0) is 41.9 Å². The summed E-state index contributed by atoms with van der Waals surface area (Å²) in [4.78, 5) is 54.9. The Morgan fingerprint density at radius 2 is 1.85 bits per heavy atom. The van der Waals surface area contributed by atoms with Crippen LogP contribution in [0.15, 0.2) is 34.1 Å². The molecule has 2 aliphatic heterocycles. The van der Waals surface area contributed by atoms with Gasteiger partial charge < -0.3 is 14.8 Å². The van der Waals surface area contributed by atoms with Gasteiger partial charge in [0.15, 0.2) is 0 Å². The number of carboxylic acids is 1. The van der Waals surface area contributed by atoms with Crippen molar-refractivity contribution < 1.29 is 24.2 Å². The number of fused-ring (bicyclic) bond motifs is 9. The summed E-state index contributed by atoms with van der Waals surface area (Å²) >= 11 is 2.87. The summed E-state index contributed by atoms with van der Waals surface area (Å²) in [6.07, 6.45) is 0.578. The van der Waals surface area contributed by atoms with Crippen LogP contribution in [0.25, 0.3) is 0 Å². The van der Waals surface area contributed by atoms with Gasteiger partial charge in [-0.2, -0.15) is 0 Å². The number of hydrogen-bond acceptors (Lipinski definition) is 7. The Bertz CT molecular complexity index is 1220. The molecule has 2 aliphatic carbocycles. The SMILES string of the molecule is COc1ccc([C@@H]2c3sc(=O)[nH]c3S[C@@H]3[C@H]4C[C@@H]([C@@H]5C(=O)N(CCC(=O)O)C(=O)[C@H]45)[C@@H]23)cc1. The number of aromatic nitrogens is 1. The normalized spacial score (nSPS) is 33.7. The van der Waals surface area contributed by atoms with Crippen molar-refractivity contribution >= 4 is 40.9 Å². The number of amides is 2. The third-order valence-corrected chi connectivity index (χ3v) is 10.4. The van der Waals surface area contributed by atoms with Crippen molar-refractivity contribution in [2.45, 2.75) is 29.0 Å². The van der Waals surface area contributed by atoms with Gasteiger partial charge in [0, 0.05) is 22.6 Å². The zero-order chi connectivity index (χ0) is 23.0. The van der Waals surface area contributed by atoms with Crippen LogP contribution in [0.1, 0.15) is 29.2 Å². The minimum absolute atomic E-state index is 0.0289. The molecule has 2 amide bonds. The van der Waals surface area contributed by atoms with Crippen LogP contribution in [0.3, 0.4) is 0 Å². The van der Waals surface area contributed by atoms with Gasteiger partial charge in [0.2, 0.25) is 11.8 Å². The van der Waals surface area contributed by atoms with Gasteiger partial charge in [0.25, 0.3) is 0 Å². The molecule has 7 atom stereocenters. The fourth-order valence-corrected chi connectivity index (χ4v) is 9.58. The maximum Gasteiger partial charge on any atom is 0.305 e. The molecule has 33 heavy (non-hydrogen) atoms. The highest BCUT2D eigenvalue weighted by molar-refractivity contribution is 8.00. The molecular weight excluding hydrogens is 464 g/mol. The molecule has 1 saturated heterocycles. The van der Waals surface area contributed by atoms with Crippen molar-refractivity contribution in [3.05, 3.63) is 44.4 Å². The molecule has 2 aromatic rings. The minimum Gasteiger partial charge on any atom is -0.497 e. The first-order valence-corrected chi connectivity index (χ1v) is 12.7. The standard InChI is InChI=1S/C23H22N2O6S2/c1-31-10-4-2-9(3-5-10)14-15-11-8-12(18(15)32-20-19(14)33-23(30)24-20)17-16(11)21(28)25(22(17)29)7-6-13(26)27/h2-5,11-12,14-18H,6-8H2,1H3,(H,24,30)(H,26,27)/t11-,12+,14+,15+,16+,17-,18-/m1/s1. The van der Waals surface area contributed by atoms with Gasteiger partial charge in [-0.25, -0.2) is 0 Å². The second-order valence-electron chi connectivity index (χ2n) is 9.21. The molecule has 3 heterocycles. The number of benzene rings is 1. The van der Waals surface area contributed by atoms with Crippen molar-refractivity contribution in [1.82, 2.24) is 9.88 Å². The van der Waals surface area contributed by atoms with Crippen LogP contribution in [-0.4, -0.2) is 51.7 Å². The molecule has 0 spiro atoms. The number of ether oxygens (including phenoxy) is 1. The zero-order valence-electron chi connectivity index (χ0n) is 17.7. The first-order valence-electron chi connectivity index (χ1n) is 11.0. The van der Waals surface area contributed by atoms with Gasteiger partial charge in [0.05, 0.1) is 30.4 Å². The summed E-state index contributed by atoms with van der Waals surface area (Å²) in [7, 11) is 1.62. The van der Waals surface area contributed by atoms with Gasteiger partial charge >= 0.3 is 10.8 Å². The molecule has 1 aromatic heterocycles. The van der Waals surface area contributed by atoms with Crippen LogP contribution in [-0.2, 0) is 14.4 Å². The van der Waals surface area contributed by atoms with Crippen molar-refractivity contribution in [2.24, 2.45) is 29.6 Å². The molecule has 2 N–H and O–H groups in total. The lowest BCUT2D eigenvalue weighted by Gasteiger charge is -2.43. The quantitative estimate of drug-likeness (QED) is 0.623. The molecule has 2 saturated carbocycles. The monoisotopic (exact) mass is 486 g/mol. The van der Waals surface area contributed by atoms with E-state index in [1.165, 1.54) is 16.2 Å². The molecule has 1 aromatic carbocycles. The molecule has 6 rings (SSSR count). The van der Waals surface area contributed by atoms with Crippen LogP contribution in [0, 0.1) is 29.6 Å². The van der Waals surface area contributed by atoms with E-state index in [9.17, 15) is 19.2 Å². The number of nitrogens with one attached hydrogen (secondary N) is 1. The van der Waals surface area contributed by atoms with Crippen molar-refractivity contribution in [3.63, 3.8) is 0 Å². The number of likely N-dealkylation sites (tertiary alicyclic amines) is 1. The van der Waals surface area contributed by atoms with Crippen LogP contribution in [0.2, 0.25) is 0 Å². The molecule has 0 radical (unpaired) electrons. The minimum atomic E-state index is -1.02. The van der Waals surface area contributed by atoms with Gasteiger partial charge in [0.1, 0.15) is 5.75 Å². The predicted octanol–water partition coefficient (Wildman–Crippen LogP) is 2.39. The van der Waals surface area contributed by atoms with Crippen molar-refractivity contribution in [3.8, 4) is 5.75 Å². The fourth-order valence-electron chi connectivity index (χ4n) is 6.69. The number of carbonyl (C=O) groups excluding carboxylic acids is 2. The highest BCUT2D eigenvalue weighted by atomic mass is 32.2. The number of methoxy groups -OCH3 is 1. The summed E-state index contributed by atoms with van der Waals surface area (Å²) < 4.78 is 5.31. The Hall–Kier alpha value is -2.59. The topological polar surface area (TPSA) is 117 Å². The maximum absolute atomic E-state index is 13.3. The van der Waals surface area contributed by atoms with E-state index in [4.69, 9.17) is 9.84 Å². The van der Waals surface area contributed by atoms with Gasteiger partial charge in [-0.1, -0.05) is 23.5 Å². The molecule has 2 bridgehead atoms. The third-order valence-electron chi connectivity index (χ3n) is 7.84. The smallest absolute Gasteiger partial charge is 0.305 e. The maximum atomic E-state index is 13.3. The van der Waals surface area contributed by atoms with Crippen molar-refractivity contribution in [1.29, 1.82) is 0 Å². The average Bonchev–Trinajstić information content (AvgIpc) is 3.52. The van der Waals surface area contributed by atoms with E-state index in [0.29, 0.717) is 0 Å². The van der Waals surface area contributed by atoms with E-state index in [-0.39, 0.29) is 64.5 Å². The van der Waals surface area contributed by atoms with Crippen LogP contribution >= 0.6 is 23.1 Å². The van der Waals surface area contributed by atoms with E-state index in [2.05, 4.69) is 4.98 Å². The average molecular weight is 487 g/mol. The number of hydrogen-bond donors (Lipinski definition) is 2. The summed E-state index contributed by atoms with van der Waals surface area (Å²) in [5.41, 5.74) is 1.08. The Balaban J connectivity index is 1.40. The lowest BCUT2D eigenvalue weighted by Crippen LogP contribution is -2.42. The van der Waals surface area contributed by atoms with E-state index >= 15 is 0 Å². The Labute approximate surface area is 197 Å². The number of rotatable bonds is 5. The molecule has 8 nitrogen and oxygen atoms in total. The number of aromatic amines is 1. The number of aliphatic carboxylic acids is 1. The zero-order valence-corrected chi connectivity index (χ0v) is 19.4. The fraction of sp³-hybridized carbons (Fsp3) is 0.478. The number of H-pyrrole nitrogens is 1. The van der Waals surface area contributed by atoms with Crippen LogP contribution < -0.4 is 9.61 Å². The van der Waals surface area contributed by atoms with E-state index in [1.807, 2.05) is 24.3 Å². The Morgan fingerprint density at radius 1 is 1.15 bits per heavy atom. The van der Waals surface area contributed by atoms with E-state index < -0.39 is 11.9 Å². The van der Waals surface area contributed by atoms with Crippen molar-refractivity contribution in [2.75, 3.05) is 13.7 Å². The number of thiazole rings is 1. The van der Waals surface area contributed by atoms with Crippen LogP contribution in [0.4, 0.5) is 0 Å². The second kappa shape index (κ2) is 7.46. The molecule has 10 heteroatoms. The summed E-state index contributed by atoms with van der Waals surface area (Å²) in [5, 5.41) is 10.0. The van der Waals surface area contributed by atoms with E-state index in [1.54, 1.807) is 18.9 Å². The molecule has 3 fully saturated rings. The first-order chi connectivity index (χ1) is 15.9. The van der Waals surface area contributed by atoms with Gasteiger partial charge in [-0.15, -0.1) is 11.8 Å². The number of carbonyl (C=O) groups is 3. The lowest BCUT2D eigenvalue weighted by molar-refractivity contribution is -0.142. The molecule has 172 valence electrons. The summed E-state index contributed by atoms with van der Waals surface area (Å²) in [6, 6.07) is 7.87. The highest BCUT2D eigenvalue weighted by Gasteiger charge is 2.69. The Kier molecular flexibility index (Phi) is 4.74. The highest BCUT2D eigenvalue weighted by Crippen LogP contribution is 2.68. The summed E-state index contributed by atoms with van der Waals surface area (Å²) in [6.45, 7) is -0.0650. The molecule has 0 unspecified atom stereocenters.